The number of carbonyl (C=O) groups is 1. The number of aliphatic hydroxyl groups is 1. The van der Waals surface area contributed by atoms with E-state index in [2.05, 4.69) is 15.2 Å². The highest BCUT2D eigenvalue weighted by molar-refractivity contribution is 8.03. The van der Waals surface area contributed by atoms with Gasteiger partial charge >= 0.3 is 0 Å². The molecule has 30 heavy (non-hydrogen) atoms. The lowest BCUT2D eigenvalue weighted by Gasteiger charge is -2.26. The third kappa shape index (κ3) is 4.99. The molecule has 8 nitrogen and oxygen atoms in total. The van der Waals surface area contributed by atoms with Crippen LogP contribution in [0.4, 0.5) is 5.82 Å². The van der Waals surface area contributed by atoms with Gasteiger partial charge in [0.25, 0.3) is 0 Å². The lowest BCUT2D eigenvalue weighted by atomic mass is 10.1. The van der Waals surface area contributed by atoms with E-state index in [1.807, 2.05) is 24.3 Å². The summed E-state index contributed by atoms with van der Waals surface area (Å²) in [5.41, 5.74) is 8.78. The van der Waals surface area contributed by atoms with Gasteiger partial charge in [0.1, 0.15) is 5.82 Å². The predicted molar refractivity (Wildman–Crippen MR) is 115 cm³/mol. The van der Waals surface area contributed by atoms with Crippen molar-refractivity contribution >= 4 is 23.5 Å². The van der Waals surface area contributed by atoms with Crippen LogP contribution in [0.5, 0.6) is 0 Å². The maximum Gasteiger partial charge on any atom is 0.247 e. The topological polar surface area (TPSA) is 114 Å². The molecule has 1 atom stereocenters. The number of carbonyl (C=O) groups excluding carboxylic acids is 1. The van der Waals surface area contributed by atoms with E-state index in [0.717, 1.165) is 49.1 Å². The van der Waals surface area contributed by atoms with Crippen molar-refractivity contribution in [3.8, 4) is 0 Å². The van der Waals surface area contributed by atoms with Crippen molar-refractivity contribution in [2.45, 2.75) is 24.8 Å². The molecule has 0 saturated carbocycles. The molecular formula is C21H25N5O3S. The first-order valence-corrected chi connectivity index (χ1v) is 10.8. The maximum atomic E-state index is 12.0. The molecule has 158 valence electrons. The van der Waals surface area contributed by atoms with Gasteiger partial charge in [0.05, 0.1) is 36.2 Å². The Kier molecular flexibility index (Phi) is 6.63. The van der Waals surface area contributed by atoms with Gasteiger partial charge in [-0.25, -0.2) is 4.98 Å². The smallest absolute Gasteiger partial charge is 0.247 e. The molecule has 0 radical (unpaired) electrons. The van der Waals surface area contributed by atoms with Crippen LogP contribution in [-0.4, -0.2) is 52.2 Å². The van der Waals surface area contributed by atoms with Crippen molar-refractivity contribution < 1.29 is 14.6 Å². The SMILES string of the molecule is NC(=O)C1=C(Nc2cccc(CN3CCOCC3)n2)SC(c2ccc(CO)nc2)C1. The number of nitrogens with one attached hydrogen (secondary N) is 1. The average molecular weight is 428 g/mol. The van der Waals surface area contributed by atoms with Gasteiger partial charge in [0.2, 0.25) is 5.91 Å². The largest absolute Gasteiger partial charge is 0.390 e. The molecule has 1 saturated heterocycles. The van der Waals surface area contributed by atoms with E-state index in [-0.39, 0.29) is 11.9 Å². The number of morpholine rings is 1. The number of nitrogens with zero attached hydrogens (tertiary/aromatic N) is 3. The fraction of sp³-hybridized carbons (Fsp3) is 0.381. The van der Waals surface area contributed by atoms with Gasteiger partial charge in [-0.3, -0.25) is 14.7 Å². The zero-order chi connectivity index (χ0) is 20.9. The van der Waals surface area contributed by atoms with E-state index in [1.165, 1.54) is 0 Å². The van der Waals surface area contributed by atoms with E-state index in [0.29, 0.717) is 23.5 Å². The van der Waals surface area contributed by atoms with Gasteiger partial charge in [-0.05, 0) is 30.2 Å². The van der Waals surface area contributed by atoms with E-state index in [1.54, 1.807) is 24.0 Å². The summed E-state index contributed by atoms with van der Waals surface area (Å²) in [6.07, 6.45) is 2.27. The van der Waals surface area contributed by atoms with Gasteiger partial charge in [0, 0.05) is 36.7 Å². The zero-order valence-electron chi connectivity index (χ0n) is 16.6. The van der Waals surface area contributed by atoms with Crippen LogP contribution >= 0.6 is 11.8 Å². The van der Waals surface area contributed by atoms with E-state index >= 15 is 0 Å². The number of hydrogen-bond acceptors (Lipinski definition) is 8. The normalized spacial score (nSPS) is 19.8. The Hall–Kier alpha value is -2.46. The van der Waals surface area contributed by atoms with Crippen LogP contribution in [0.1, 0.15) is 28.6 Å². The van der Waals surface area contributed by atoms with E-state index in [9.17, 15) is 9.90 Å². The molecule has 2 aromatic heterocycles. The summed E-state index contributed by atoms with van der Waals surface area (Å²) in [5.74, 6) is 0.258. The van der Waals surface area contributed by atoms with Gasteiger partial charge in [-0.15, -0.1) is 0 Å². The predicted octanol–water partition coefficient (Wildman–Crippen LogP) is 1.79. The number of hydrogen-bond donors (Lipinski definition) is 3. The monoisotopic (exact) mass is 427 g/mol. The summed E-state index contributed by atoms with van der Waals surface area (Å²) in [7, 11) is 0. The molecular weight excluding hydrogens is 402 g/mol. The molecule has 2 aromatic rings. The highest BCUT2D eigenvalue weighted by Crippen LogP contribution is 2.47. The molecule has 1 amide bonds. The molecule has 4 rings (SSSR count). The van der Waals surface area contributed by atoms with Crippen molar-refractivity contribution in [1.29, 1.82) is 0 Å². The molecule has 1 unspecified atom stereocenters. The summed E-state index contributed by atoms with van der Waals surface area (Å²) >= 11 is 1.55. The van der Waals surface area contributed by atoms with Gasteiger partial charge < -0.3 is 20.9 Å². The lowest BCUT2D eigenvalue weighted by Crippen LogP contribution is -2.35. The van der Waals surface area contributed by atoms with Gasteiger partial charge in [-0.2, -0.15) is 0 Å². The van der Waals surface area contributed by atoms with Crippen LogP contribution in [0.3, 0.4) is 0 Å². The van der Waals surface area contributed by atoms with Crippen LogP contribution in [0.25, 0.3) is 0 Å². The Balaban J connectivity index is 1.47. The van der Waals surface area contributed by atoms with Crippen LogP contribution in [0.2, 0.25) is 0 Å². The fourth-order valence-electron chi connectivity index (χ4n) is 3.50. The molecule has 4 N–H and O–H groups in total. The summed E-state index contributed by atoms with van der Waals surface area (Å²) in [6, 6.07) is 9.58. The molecule has 4 heterocycles. The molecule has 2 aliphatic heterocycles. The van der Waals surface area contributed by atoms with Crippen LogP contribution in [-0.2, 0) is 22.7 Å². The number of aromatic nitrogens is 2. The number of amides is 1. The molecule has 0 spiro atoms. The molecule has 2 aliphatic rings. The molecule has 1 fully saturated rings. The minimum absolute atomic E-state index is 0.0341. The molecule has 0 bridgehead atoms. The molecule has 9 heteroatoms. The number of pyridine rings is 2. The van der Waals surface area contributed by atoms with Crippen molar-refractivity contribution in [2.24, 2.45) is 5.73 Å². The second-order valence-electron chi connectivity index (χ2n) is 7.25. The third-order valence-electron chi connectivity index (χ3n) is 5.14. The van der Waals surface area contributed by atoms with Crippen molar-refractivity contribution in [3.63, 3.8) is 0 Å². The Morgan fingerprint density at radius 1 is 1.27 bits per heavy atom. The second-order valence-corrected chi connectivity index (χ2v) is 8.46. The third-order valence-corrected chi connectivity index (χ3v) is 6.45. The Morgan fingerprint density at radius 3 is 2.80 bits per heavy atom. The Labute approximate surface area is 179 Å². The zero-order valence-corrected chi connectivity index (χ0v) is 17.4. The minimum atomic E-state index is -0.433. The first-order valence-electron chi connectivity index (χ1n) is 9.90. The first kappa shape index (κ1) is 20.8. The Bertz CT molecular complexity index is 928. The summed E-state index contributed by atoms with van der Waals surface area (Å²) < 4.78 is 5.40. The average Bonchev–Trinajstić information content (AvgIpc) is 3.19. The Morgan fingerprint density at radius 2 is 2.10 bits per heavy atom. The standard InChI is InChI=1S/C21H25N5O3S/c22-20(28)17-10-18(14-4-5-16(13-27)23-11-14)30-21(17)25-19-3-1-2-15(24-19)12-26-6-8-29-9-7-26/h1-5,11,18,27H,6-10,12-13H2,(H2,22,28)(H,24,25). The number of ether oxygens (including phenoxy) is 1. The number of thioether (sulfide) groups is 1. The number of primary amides is 1. The van der Waals surface area contributed by atoms with Crippen molar-refractivity contribution in [3.05, 3.63) is 64.1 Å². The maximum absolute atomic E-state index is 12.0. The quantitative estimate of drug-likeness (QED) is 0.613. The highest BCUT2D eigenvalue weighted by Gasteiger charge is 2.30. The van der Waals surface area contributed by atoms with Crippen LogP contribution in [0.15, 0.2) is 47.1 Å². The minimum Gasteiger partial charge on any atom is -0.390 e. The van der Waals surface area contributed by atoms with Gasteiger partial charge in [0.15, 0.2) is 0 Å². The number of anilines is 1. The summed E-state index contributed by atoms with van der Waals surface area (Å²) in [5, 5.41) is 13.2. The summed E-state index contributed by atoms with van der Waals surface area (Å²) in [4.78, 5) is 23.3. The second kappa shape index (κ2) is 9.57. The summed E-state index contributed by atoms with van der Waals surface area (Å²) in [6.45, 7) is 3.97. The van der Waals surface area contributed by atoms with Crippen molar-refractivity contribution in [2.75, 3.05) is 31.6 Å². The first-order chi connectivity index (χ1) is 14.6. The molecule has 0 aromatic carbocycles. The number of aliphatic hydroxyl groups excluding tert-OH is 1. The van der Waals surface area contributed by atoms with E-state index < -0.39 is 5.91 Å². The molecule has 0 aliphatic carbocycles. The highest BCUT2D eigenvalue weighted by atomic mass is 32.2. The number of nitrogens with two attached hydrogens (primary N) is 1. The fourth-order valence-corrected chi connectivity index (χ4v) is 4.80. The van der Waals surface area contributed by atoms with E-state index in [4.69, 9.17) is 15.5 Å². The van der Waals surface area contributed by atoms with Crippen LogP contribution < -0.4 is 11.1 Å². The lowest BCUT2D eigenvalue weighted by molar-refractivity contribution is -0.114. The number of rotatable bonds is 7. The van der Waals surface area contributed by atoms with Crippen molar-refractivity contribution in [1.82, 2.24) is 14.9 Å². The van der Waals surface area contributed by atoms with Gasteiger partial charge in [-0.1, -0.05) is 23.9 Å². The van der Waals surface area contributed by atoms with Crippen LogP contribution in [0, 0.1) is 0 Å².